The third-order valence-electron chi connectivity index (χ3n) is 5.62. The van der Waals surface area contributed by atoms with Gasteiger partial charge in [0.25, 0.3) is 0 Å². The van der Waals surface area contributed by atoms with Crippen LogP contribution in [0.3, 0.4) is 0 Å². The fourth-order valence-electron chi connectivity index (χ4n) is 3.93. The van der Waals surface area contributed by atoms with Crippen molar-refractivity contribution in [3.63, 3.8) is 0 Å². The summed E-state index contributed by atoms with van der Waals surface area (Å²) in [7, 11) is 0. The fourth-order valence-corrected chi connectivity index (χ4v) is 3.93. The first kappa shape index (κ1) is 19.3. The van der Waals surface area contributed by atoms with Crippen LogP contribution in [0.15, 0.2) is 106 Å². The van der Waals surface area contributed by atoms with Crippen molar-refractivity contribution in [3.8, 4) is 11.5 Å². The fraction of sp³-hybridized carbons (Fsp3) is 0.0345. The topological polar surface area (TPSA) is 52.1 Å². The second kappa shape index (κ2) is 7.92. The van der Waals surface area contributed by atoms with E-state index in [4.69, 9.17) is 13.8 Å². The number of nitrogens with zero attached hydrogens (tertiary/aromatic N) is 2. The predicted molar refractivity (Wildman–Crippen MR) is 132 cm³/mol. The van der Waals surface area contributed by atoms with E-state index in [0.29, 0.717) is 11.8 Å². The van der Waals surface area contributed by atoms with Crippen LogP contribution in [-0.2, 0) is 0 Å². The van der Waals surface area contributed by atoms with Crippen LogP contribution in [0.25, 0.3) is 45.3 Å². The van der Waals surface area contributed by atoms with E-state index in [9.17, 15) is 0 Å². The van der Waals surface area contributed by atoms with Gasteiger partial charge in [-0.1, -0.05) is 60.7 Å². The molecule has 4 heteroatoms. The molecule has 0 bridgehead atoms. The van der Waals surface area contributed by atoms with Gasteiger partial charge in [0.1, 0.15) is 11.0 Å². The van der Waals surface area contributed by atoms with E-state index >= 15 is 0 Å². The normalized spacial score (nSPS) is 12.0. The number of aromatic nitrogens is 2. The Hall–Kier alpha value is -4.44. The van der Waals surface area contributed by atoms with Gasteiger partial charge >= 0.3 is 0 Å². The molecule has 0 saturated heterocycles. The Bertz CT molecular complexity index is 1570. The summed E-state index contributed by atoms with van der Waals surface area (Å²) in [5, 5.41) is 0. The van der Waals surface area contributed by atoms with E-state index in [1.165, 1.54) is 0 Å². The standard InChI is InChI=1S/C29H20N2O2/c1-19-11-16-27-25(17-19)31-28(32-27)22-14-12-21(13-15-22)23(18-20-7-3-2-4-8-20)29-30-24-9-5-6-10-26(24)33-29/h2-18H,1H3. The lowest BCUT2D eigenvalue weighted by atomic mass is 10.0. The smallest absolute Gasteiger partial charge is 0.227 e. The minimum Gasteiger partial charge on any atom is -0.436 e. The number of benzene rings is 4. The average Bonchev–Trinajstić information content (AvgIpc) is 3.47. The van der Waals surface area contributed by atoms with Crippen molar-refractivity contribution in [2.45, 2.75) is 6.92 Å². The molecule has 33 heavy (non-hydrogen) atoms. The van der Waals surface area contributed by atoms with Gasteiger partial charge in [0.15, 0.2) is 11.2 Å². The van der Waals surface area contributed by atoms with Crippen LogP contribution in [0, 0.1) is 6.92 Å². The Morgan fingerprint density at radius 3 is 2.27 bits per heavy atom. The summed E-state index contributed by atoms with van der Waals surface area (Å²) in [4.78, 5) is 9.40. The number of aryl methyl sites for hydroxylation is 1. The molecule has 0 spiro atoms. The van der Waals surface area contributed by atoms with Gasteiger partial charge in [0.2, 0.25) is 11.8 Å². The first-order valence-corrected chi connectivity index (χ1v) is 10.8. The molecule has 6 rings (SSSR count). The number of fused-ring (bicyclic) bond motifs is 2. The van der Waals surface area contributed by atoms with Gasteiger partial charge in [-0.25, -0.2) is 9.97 Å². The molecule has 0 aliphatic heterocycles. The summed E-state index contributed by atoms with van der Waals surface area (Å²) in [6.07, 6.45) is 2.10. The minimum atomic E-state index is 0.588. The zero-order valence-electron chi connectivity index (χ0n) is 18.0. The Morgan fingerprint density at radius 2 is 1.45 bits per heavy atom. The van der Waals surface area contributed by atoms with Crippen LogP contribution < -0.4 is 0 Å². The molecule has 4 aromatic carbocycles. The maximum absolute atomic E-state index is 6.11. The second-order valence-electron chi connectivity index (χ2n) is 8.02. The highest BCUT2D eigenvalue weighted by molar-refractivity contribution is 5.91. The van der Waals surface area contributed by atoms with Crippen molar-refractivity contribution < 1.29 is 8.83 Å². The Balaban J connectivity index is 1.43. The van der Waals surface area contributed by atoms with Crippen LogP contribution in [-0.4, -0.2) is 9.97 Å². The molecular weight excluding hydrogens is 408 g/mol. The zero-order valence-corrected chi connectivity index (χ0v) is 18.0. The van der Waals surface area contributed by atoms with Gasteiger partial charge in [0, 0.05) is 11.1 Å². The molecule has 0 radical (unpaired) electrons. The molecule has 0 aliphatic rings. The number of oxazole rings is 2. The van der Waals surface area contributed by atoms with E-state index in [0.717, 1.165) is 50.0 Å². The lowest BCUT2D eigenvalue weighted by molar-refractivity contribution is 0.585. The molecule has 4 nitrogen and oxygen atoms in total. The van der Waals surface area contributed by atoms with Gasteiger partial charge < -0.3 is 8.83 Å². The molecule has 0 aliphatic carbocycles. The molecule has 0 fully saturated rings. The Kier molecular flexibility index (Phi) is 4.62. The van der Waals surface area contributed by atoms with E-state index in [2.05, 4.69) is 42.2 Å². The summed E-state index contributed by atoms with van der Waals surface area (Å²) in [6.45, 7) is 2.05. The van der Waals surface area contributed by atoms with E-state index in [1.807, 2.05) is 72.8 Å². The average molecular weight is 428 g/mol. The maximum atomic E-state index is 6.11. The van der Waals surface area contributed by atoms with Crippen molar-refractivity contribution in [2.75, 3.05) is 0 Å². The number of hydrogen-bond acceptors (Lipinski definition) is 4. The molecule has 0 atom stereocenters. The SMILES string of the molecule is Cc1ccc2oc(-c3ccc(C(=Cc4ccccc4)c4nc5ccccc5o4)cc3)nc2c1. The zero-order chi connectivity index (χ0) is 22.2. The number of rotatable bonds is 4. The highest BCUT2D eigenvalue weighted by Gasteiger charge is 2.15. The molecule has 2 aromatic heterocycles. The van der Waals surface area contributed by atoms with E-state index < -0.39 is 0 Å². The summed E-state index contributed by atoms with van der Waals surface area (Å²) >= 11 is 0. The van der Waals surface area contributed by atoms with E-state index in [-0.39, 0.29) is 0 Å². The Morgan fingerprint density at radius 1 is 0.697 bits per heavy atom. The third kappa shape index (κ3) is 3.72. The van der Waals surface area contributed by atoms with Crippen molar-refractivity contribution in [2.24, 2.45) is 0 Å². The maximum Gasteiger partial charge on any atom is 0.227 e. The highest BCUT2D eigenvalue weighted by atomic mass is 16.4. The molecule has 6 aromatic rings. The highest BCUT2D eigenvalue weighted by Crippen LogP contribution is 2.31. The monoisotopic (exact) mass is 428 g/mol. The van der Waals surface area contributed by atoms with Crippen molar-refractivity contribution in [3.05, 3.63) is 120 Å². The van der Waals surface area contributed by atoms with Crippen LogP contribution in [0.2, 0.25) is 0 Å². The quantitative estimate of drug-likeness (QED) is 0.272. The van der Waals surface area contributed by atoms with Crippen molar-refractivity contribution in [1.29, 1.82) is 0 Å². The predicted octanol–water partition coefficient (Wildman–Crippen LogP) is 7.53. The summed E-state index contributed by atoms with van der Waals surface area (Å²) in [5.74, 6) is 1.20. The molecule has 0 saturated carbocycles. The van der Waals surface area contributed by atoms with Crippen molar-refractivity contribution >= 4 is 33.8 Å². The lowest BCUT2D eigenvalue weighted by Crippen LogP contribution is -1.89. The van der Waals surface area contributed by atoms with Crippen LogP contribution in [0.1, 0.15) is 22.6 Å². The van der Waals surface area contributed by atoms with Crippen molar-refractivity contribution in [1.82, 2.24) is 9.97 Å². The lowest BCUT2D eigenvalue weighted by Gasteiger charge is -2.06. The van der Waals surface area contributed by atoms with Gasteiger partial charge in [-0.2, -0.15) is 0 Å². The molecule has 0 amide bonds. The van der Waals surface area contributed by atoms with Gasteiger partial charge in [-0.3, -0.25) is 0 Å². The van der Waals surface area contributed by atoms with Crippen LogP contribution >= 0.6 is 0 Å². The third-order valence-corrected chi connectivity index (χ3v) is 5.62. The number of para-hydroxylation sites is 2. The molecule has 2 heterocycles. The largest absolute Gasteiger partial charge is 0.436 e. The second-order valence-corrected chi connectivity index (χ2v) is 8.02. The summed E-state index contributed by atoms with van der Waals surface area (Å²) < 4.78 is 12.1. The van der Waals surface area contributed by atoms with Crippen LogP contribution in [0.5, 0.6) is 0 Å². The Labute approximate surface area is 190 Å². The van der Waals surface area contributed by atoms with Gasteiger partial charge in [0.05, 0.1) is 0 Å². The molecule has 0 unspecified atom stereocenters. The minimum absolute atomic E-state index is 0.588. The molecule has 158 valence electrons. The van der Waals surface area contributed by atoms with Gasteiger partial charge in [-0.15, -0.1) is 0 Å². The van der Waals surface area contributed by atoms with Gasteiger partial charge in [-0.05, 0) is 66.1 Å². The summed E-state index contributed by atoms with van der Waals surface area (Å²) in [5.41, 5.74) is 8.33. The molecular formula is C29H20N2O2. The summed E-state index contributed by atoms with van der Waals surface area (Å²) in [6, 6.07) is 32.2. The number of hydrogen-bond donors (Lipinski definition) is 0. The van der Waals surface area contributed by atoms with E-state index in [1.54, 1.807) is 0 Å². The first-order valence-electron chi connectivity index (χ1n) is 10.8. The molecule has 0 N–H and O–H groups in total. The van der Waals surface area contributed by atoms with Crippen LogP contribution in [0.4, 0.5) is 0 Å². The first-order chi connectivity index (χ1) is 16.2.